The van der Waals surface area contributed by atoms with Crippen LogP contribution in [0.5, 0.6) is 0 Å². The number of benzene rings is 1. The maximum atomic E-state index is 12.7. The lowest BCUT2D eigenvalue weighted by Crippen LogP contribution is -2.14. The molecule has 0 radical (unpaired) electrons. The fourth-order valence-corrected chi connectivity index (χ4v) is 2.60. The summed E-state index contributed by atoms with van der Waals surface area (Å²) in [6.07, 6.45) is 1.65. The number of aromatic nitrogens is 4. The zero-order chi connectivity index (χ0) is 16.6. The van der Waals surface area contributed by atoms with Gasteiger partial charge in [-0.3, -0.25) is 9.48 Å². The standard InChI is InChI=1S/C17H19N5O/c1-11-16(17(23)19-15-10-18-21(4)12(15)2)13(3)22(20-11)14-8-6-5-7-9-14/h5-10H,1-4H3,(H,19,23). The van der Waals surface area contributed by atoms with Crippen LogP contribution in [0.25, 0.3) is 5.69 Å². The molecule has 0 aliphatic heterocycles. The molecule has 0 saturated heterocycles. The first-order chi connectivity index (χ1) is 11.0. The Balaban J connectivity index is 1.96. The minimum Gasteiger partial charge on any atom is -0.319 e. The van der Waals surface area contributed by atoms with Crippen molar-refractivity contribution in [1.29, 1.82) is 0 Å². The zero-order valence-corrected chi connectivity index (χ0v) is 13.7. The smallest absolute Gasteiger partial charge is 0.259 e. The second kappa shape index (κ2) is 5.72. The molecule has 0 fully saturated rings. The summed E-state index contributed by atoms with van der Waals surface area (Å²) in [5, 5.41) is 11.6. The Kier molecular flexibility index (Phi) is 3.73. The highest BCUT2D eigenvalue weighted by atomic mass is 16.1. The van der Waals surface area contributed by atoms with E-state index < -0.39 is 0 Å². The van der Waals surface area contributed by atoms with Crippen molar-refractivity contribution in [3.8, 4) is 5.69 Å². The predicted molar refractivity (Wildman–Crippen MR) is 88.9 cm³/mol. The number of hydrogen-bond donors (Lipinski definition) is 1. The van der Waals surface area contributed by atoms with Crippen LogP contribution in [0, 0.1) is 20.8 Å². The number of carbonyl (C=O) groups is 1. The zero-order valence-electron chi connectivity index (χ0n) is 13.7. The van der Waals surface area contributed by atoms with Crippen molar-refractivity contribution in [2.75, 3.05) is 5.32 Å². The lowest BCUT2D eigenvalue weighted by Gasteiger charge is -2.06. The summed E-state index contributed by atoms with van der Waals surface area (Å²) in [6, 6.07) is 9.78. The lowest BCUT2D eigenvalue weighted by molar-refractivity contribution is 0.102. The molecule has 0 bridgehead atoms. The molecule has 0 aliphatic rings. The highest BCUT2D eigenvalue weighted by molar-refractivity contribution is 6.06. The molecule has 118 valence electrons. The second-order valence-corrected chi connectivity index (χ2v) is 5.51. The van der Waals surface area contributed by atoms with E-state index in [1.807, 2.05) is 58.2 Å². The molecule has 23 heavy (non-hydrogen) atoms. The van der Waals surface area contributed by atoms with Crippen LogP contribution in [-0.4, -0.2) is 25.5 Å². The predicted octanol–water partition coefficient (Wildman–Crippen LogP) is 2.78. The van der Waals surface area contributed by atoms with Gasteiger partial charge < -0.3 is 5.32 Å². The van der Waals surface area contributed by atoms with Crippen LogP contribution in [0.4, 0.5) is 5.69 Å². The van der Waals surface area contributed by atoms with Gasteiger partial charge in [0.15, 0.2) is 0 Å². The minimum atomic E-state index is -0.168. The van der Waals surface area contributed by atoms with Gasteiger partial charge in [0.25, 0.3) is 5.91 Å². The Morgan fingerprint density at radius 3 is 2.39 bits per heavy atom. The van der Waals surface area contributed by atoms with E-state index in [0.717, 1.165) is 17.1 Å². The van der Waals surface area contributed by atoms with Gasteiger partial charge in [0.2, 0.25) is 0 Å². The first kappa shape index (κ1) is 15.0. The van der Waals surface area contributed by atoms with Crippen LogP contribution < -0.4 is 5.32 Å². The normalized spacial score (nSPS) is 10.8. The molecule has 0 saturated carbocycles. The van der Waals surface area contributed by atoms with E-state index in [-0.39, 0.29) is 5.91 Å². The third kappa shape index (κ3) is 2.63. The van der Waals surface area contributed by atoms with Crippen LogP contribution in [0.15, 0.2) is 36.5 Å². The molecular weight excluding hydrogens is 290 g/mol. The van der Waals surface area contributed by atoms with Crippen molar-refractivity contribution in [2.24, 2.45) is 7.05 Å². The van der Waals surface area contributed by atoms with Gasteiger partial charge in [-0.1, -0.05) is 18.2 Å². The number of rotatable bonds is 3. The topological polar surface area (TPSA) is 64.7 Å². The van der Waals surface area contributed by atoms with Crippen LogP contribution in [0.1, 0.15) is 27.4 Å². The summed E-state index contributed by atoms with van der Waals surface area (Å²) >= 11 is 0. The van der Waals surface area contributed by atoms with E-state index in [9.17, 15) is 4.79 Å². The molecule has 3 aromatic rings. The summed E-state index contributed by atoms with van der Waals surface area (Å²) in [4.78, 5) is 12.7. The molecule has 2 aromatic heterocycles. The van der Waals surface area contributed by atoms with Gasteiger partial charge in [0.1, 0.15) is 0 Å². The summed E-state index contributed by atoms with van der Waals surface area (Å²) < 4.78 is 3.52. The molecule has 1 aromatic carbocycles. The molecule has 6 heteroatoms. The fourth-order valence-electron chi connectivity index (χ4n) is 2.60. The van der Waals surface area contributed by atoms with Gasteiger partial charge in [-0.25, -0.2) is 4.68 Å². The van der Waals surface area contributed by atoms with Crippen LogP contribution in [-0.2, 0) is 7.05 Å². The van der Waals surface area contributed by atoms with Gasteiger partial charge in [-0.05, 0) is 32.9 Å². The van der Waals surface area contributed by atoms with Gasteiger partial charge in [-0.2, -0.15) is 10.2 Å². The number of amides is 1. The Morgan fingerprint density at radius 1 is 1.09 bits per heavy atom. The van der Waals surface area contributed by atoms with Crippen molar-refractivity contribution in [3.63, 3.8) is 0 Å². The Bertz CT molecular complexity index is 861. The van der Waals surface area contributed by atoms with Crippen molar-refractivity contribution in [3.05, 3.63) is 59.2 Å². The molecule has 6 nitrogen and oxygen atoms in total. The first-order valence-corrected chi connectivity index (χ1v) is 7.40. The largest absolute Gasteiger partial charge is 0.319 e. The third-order valence-electron chi connectivity index (χ3n) is 4.00. The Labute approximate surface area is 134 Å². The first-order valence-electron chi connectivity index (χ1n) is 7.40. The van der Waals surface area contributed by atoms with E-state index in [1.165, 1.54) is 0 Å². The number of hydrogen-bond acceptors (Lipinski definition) is 3. The van der Waals surface area contributed by atoms with E-state index >= 15 is 0 Å². The number of nitrogens with zero attached hydrogens (tertiary/aromatic N) is 4. The maximum Gasteiger partial charge on any atom is 0.259 e. The Morgan fingerprint density at radius 2 is 1.78 bits per heavy atom. The Hall–Kier alpha value is -2.89. The molecular formula is C17H19N5O. The molecule has 1 amide bonds. The molecule has 0 aliphatic carbocycles. The van der Waals surface area contributed by atoms with E-state index in [1.54, 1.807) is 15.6 Å². The highest BCUT2D eigenvalue weighted by Gasteiger charge is 2.20. The van der Waals surface area contributed by atoms with Crippen molar-refractivity contribution >= 4 is 11.6 Å². The quantitative estimate of drug-likeness (QED) is 0.809. The second-order valence-electron chi connectivity index (χ2n) is 5.51. The average molecular weight is 309 g/mol. The van der Waals surface area contributed by atoms with Crippen LogP contribution >= 0.6 is 0 Å². The SMILES string of the molecule is Cc1nn(-c2ccccc2)c(C)c1C(=O)Nc1cnn(C)c1C. The molecule has 0 spiro atoms. The van der Waals surface area contributed by atoms with Gasteiger partial charge >= 0.3 is 0 Å². The van der Waals surface area contributed by atoms with Crippen molar-refractivity contribution < 1.29 is 4.79 Å². The van der Waals surface area contributed by atoms with Crippen molar-refractivity contribution in [2.45, 2.75) is 20.8 Å². The average Bonchev–Trinajstić information content (AvgIpc) is 3.01. The monoisotopic (exact) mass is 309 g/mol. The molecule has 3 rings (SSSR count). The molecule has 2 heterocycles. The lowest BCUT2D eigenvalue weighted by atomic mass is 10.1. The number of nitrogens with one attached hydrogen (secondary N) is 1. The van der Waals surface area contributed by atoms with Gasteiger partial charge in [0, 0.05) is 7.05 Å². The third-order valence-corrected chi connectivity index (χ3v) is 4.00. The molecule has 1 N–H and O–H groups in total. The molecule has 0 unspecified atom stereocenters. The maximum absolute atomic E-state index is 12.7. The number of para-hydroxylation sites is 1. The fraction of sp³-hybridized carbons (Fsp3) is 0.235. The van der Waals surface area contributed by atoms with E-state index in [0.29, 0.717) is 16.9 Å². The molecule has 0 atom stereocenters. The minimum absolute atomic E-state index is 0.168. The summed E-state index contributed by atoms with van der Waals surface area (Å²) in [5.41, 5.74) is 4.66. The summed E-state index contributed by atoms with van der Waals surface area (Å²) in [7, 11) is 1.84. The van der Waals surface area contributed by atoms with Gasteiger partial charge in [0.05, 0.1) is 40.2 Å². The highest BCUT2D eigenvalue weighted by Crippen LogP contribution is 2.20. The van der Waals surface area contributed by atoms with Crippen molar-refractivity contribution in [1.82, 2.24) is 19.6 Å². The van der Waals surface area contributed by atoms with E-state index in [4.69, 9.17) is 0 Å². The van der Waals surface area contributed by atoms with Crippen LogP contribution in [0.3, 0.4) is 0 Å². The summed E-state index contributed by atoms with van der Waals surface area (Å²) in [6.45, 7) is 5.66. The number of anilines is 1. The van der Waals surface area contributed by atoms with Gasteiger partial charge in [-0.15, -0.1) is 0 Å². The van der Waals surface area contributed by atoms with E-state index in [2.05, 4.69) is 15.5 Å². The van der Waals surface area contributed by atoms with Crippen LogP contribution in [0.2, 0.25) is 0 Å². The number of carbonyl (C=O) groups excluding carboxylic acids is 1. The summed E-state index contributed by atoms with van der Waals surface area (Å²) in [5.74, 6) is -0.168. The number of aryl methyl sites for hydroxylation is 2.